The van der Waals surface area contributed by atoms with E-state index >= 15 is 0 Å². The van der Waals surface area contributed by atoms with Crippen LogP contribution < -0.4 is 10.6 Å². The Hall–Kier alpha value is -1.51. The standard InChI is InChI=1S/C13H19N3/c1-9-5-6-11(13(14)15)12(8-9)16-7-3-4-10(16)2/h5-6,8,10H,3-4,7H2,1-2H3,(H3,14,15). The molecule has 0 radical (unpaired) electrons. The number of nitrogens with two attached hydrogens (primary N) is 1. The molecule has 0 spiro atoms. The van der Waals surface area contributed by atoms with Crippen LogP contribution in [-0.4, -0.2) is 18.4 Å². The third-order valence-electron chi connectivity index (χ3n) is 3.31. The average Bonchev–Trinajstić information content (AvgIpc) is 2.63. The highest BCUT2D eigenvalue weighted by Crippen LogP contribution is 2.29. The van der Waals surface area contributed by atoms with Crippen molar-refractivity contribution in [2.45, 2.75) is 32.7 Å². The van der Waals surface area contributed by atoms with Crippen molar-refractivity contribution >= 4 is 11.5 Å². The molecule has 16 heavy (non-hydrogen) atoms. The number of anilines is 1. The second kappa shape index (κ2) is 4.16. The Morgan fingerprint density at radius 1 is 1.50 bits per heavy atom. The lowest BCUT2D eigenvalue weighted by Crippen LogP contribution is -2.29. The van der Waals surface area contributed by atoms with Crippen LogP contribution in [0.4, 0.5) is 5.69 Å². The maximum absolute atomic E-state index is 7.63. The Morgan fingerprint density at radius 3 is 2.81 bits per heavy atom. The second-order valence-corrected chi connectivity index (χ2v) is 4.62. The molecule has 3 heteroatoms. The van der Waals surface area contributed by atoms with E-state index in [1.807, 2.05) is 12.1 Å². The van der Waals surface area contributed by atoms with E-state index in [2.05, 4.69) is 24.8 Å². The van der Waals surface area contributed by atoms with E-state index in [9.17, 15) is 0 Å². The maximum atomic E-state index is 7.63. The van der Waals surface area contributed by atoms with Gasteiger partial charge < -0.3 is 10.6 Å². The number of benzene rings is 1. The van der Waals surface area contributed by atoms with Gasteiger partial charge in [-0.05, 0) is 44.4 Å². The summed E-state index contributed by atoms with van der Waals surface area (Å²) in [5.41, 5.74) is 8.84. The van der Waals surface area contributed by atoms with E-state index in [1.54, 1.807) is 0 Å². The summed E-state index contributed by atoms with van der Waals surface area (Å²) in [4.78, 5) is 2.36. The number of nitrogen functional groups attached to an aromatic ring is 1. The second-order valence-electron chi connectivity index (χ2n) is 4.62. The summed E-state index contributed by atoms with van der Waals surface area (Å²) in [5.74, 6) is 0.161. The molecule has 0 aliphatic carbocycles. The van der Waals surface area contributed by atoms with Crippen LogP contribution in [-0.2, 0) is 0 Å². The highest BCUT2D eigenvalue weighted by molar-refractivity contribution is 6.00. The van der Waals surface area contributed by atoms with Crippen molar-refractivity contribution in [2.75, 3.05) is 11.4 Å². The monoisotopic (exact) mass is 217 g/mol. The number of amidine groups is 1. The number of rotatable bonds is 2. The summed E-state index contributed by atoms with van der Waals surface area (Å²) in [6.45, 7) is 5.39. The lowest BCUT2D eigenvalue weighted by Gasteiger charge is -2.26. The van der Waals surface area contributed by atoms with Crippen LogP contribution in [0.5, 0.6) is 0 Å². The Labute approximate surface area is 96.8 Å². The van der Waals surface area contributed by atoms with Crippen LogP contribution in [0.2, 0.25) is 0 Å². The molecular weight excluding hydrogens is 198 g/mol. The molecule has 1 heterocycles. The molecule has 1 unspecified atom stereocenters. The fraction of sp³-hybridized carbons (Fsp3) is 0.462. The molecule has 86 valence electrons. The third-order valence-corrected chi connectivity index (χ3v) is 3.31. The van der Waals surface area contributed by atoms with Gasteiger partial charge in [-0.15, -0.1) is 0 Å². The molecule has 3 nitrogen and oxygen atoms in total. The first-order valence-corrected chi connectivity index (χ1v) is 5.81. The zero-order valence-electron chi connectivity index (χ0n) is 9.96. The number of nitrogens with one attached hydrogen (secondary N) is 1. The number of hydrogen-bond acceptors (Lipinski definition) is 2. The Kier molecular flexibility index (Phi) is 2.86. The molecule has 3 N–H and O–H groups in total. The molecular formula is C13H19N3. The van der Waals surface area contributed by atoms with E-state index in [1.165, 1.54) is 18.4 Å². The first-order chi connectivity index (χ1) is 7.59. The van der Waals surface area contributed by atoms with Crippen molar-refractivity contribution in [3.63, 3.8) is 0 Å². The summed E-state index contributed by atoms with van der Waals surface area (Å²) in [6, 6.07) is 6.66. The van der Waals surface area contributed by atoms with Gasteiger partial charge in [0.2, 0.25) is 0 Å². The van der Waals surface area contributed by atoms with Crippen LogP contribution >= 0.6 is 0 Å². The lowest BCUT2D eigenvalue weighted by atomic mass is 10.1. The van der Waals surface area contributed by atoms with Crippen LogP contribution in [0, 0.1) is 12.3 Å². The Bertz CT molecular complexity index is 412. The van der Waals surface area contributed by atoms with Crippen LogP contribution in [0.3, 0.4) is 0 Å². The molecule has 1 fully saturated rings. The minimum Gasteiger partial charge on any atom is -0.384 e. The predicted molar refractivity (Wildman–Crippen MR) is 68.2 cm³/mol. The van der Waals surface area contributed by atoms with Gasteiger partial charge in [-0.1, -0.05) is 6.07 Å². The molecule has 1 atom stereocenters. The van der Waals surface area contributed by atoms with Crippen molar-refractivity contribution in [1.82, 2.24) is 0 Å². The smallest absolute Gasteiger partial charge is 0.124 e. The normalized spacial score (nSPS) is 20.1. The minimum absolute atomic E-state index is 0.161. The molecule has 1 saturated heterocycles. The van der Waals surface area contributed by atoms with Gasteiger partial charge in [0.25, 0.3) is 0 Å². The number of hydrogen-bond donors (Lipinski definition) is 2. The number of aryl methyl sites for hydroxylation is 1. The molecule has 1 aromatic rings. The van der Waals surface area contributed by atoms with Gasteiger partial charge in [-0.2, -0.15) is 0 Å². The molecule has 0 aromatic heterocycles. The van der Waals surface area contributed by atoms with E-state index in [0.717, 1.165) is 17.8 Å². The summed E-state index contributed by atoms with van der Waals surface area (Å²) in [6.07, 6.45) is 2.46. The lowest BCUT2D eigenvalue weighted by molar-refractivity contribution is 0.734. The van der Waals surface area contributed by atoms with Crippen molar-refractivity contribution < 1.29 is 0 Å². The molecule has 1 aliphatic rings. The first-order valence-electron chi connectivity index (χ1n) is 5.81. The number of nitrogens with zero attached hydrogens (tertiary/aromatic N) is 1. The summed E-state index contributed by atoms with van der Waals surface area (Å²) >= 11 is 0. The van der Waals surface area contributed by atoms with Crippen molar-refractivity contribution in [2.24, 2.45) is 5.73 Å². The molecule has 2 rings (SSSR count). The average molecular weight is 217 g/mol. The van der Waals surface area contributed by atoms with Crippen LogP contribution in [0.1, 0.15) is 30.9 Å². The van der Waals surface area contributed by atoms with Gasteiger partial charge >= 0.3 is 0 Å². The Morgan fingerprint density at radius 2 is 2.25 bits per heavy atom. The highest BCUT2D eigenvalue weighted by Gasteiger charge is 2.23. The zero-order chi connectivity index (χ0) is 11.7. The fourth-order valence-corrected chi connectivity index (χ4v) is 2.40. The quantitative estimate of drug-likeness (QED) is 0.590. The zero-order valence-corrected chi connectivity index (χ0v) is 9.96. The molecule has 0 saturated carbocycles. The van der Waals surface area contributed by atoms with Gasteiger partial charge in [0.1, 0.15) is 5.84 Å². The topological polar surface area (TPSA) is 53.1 Å². The van der Waals surface area contributed by atoms with Crippen molar-refractivity contribution in [3.05, 3.63) is 29.3 Å². The van der Waals surface area contributed by atoms with Gasteiger partial charge in [0, 0.05) is 23.8 Å². The Balaban J connectivity index is 2.44. The van der Waals surface area contributed by atoms with Gasteiger partial charge in [-0.25, -0.2) is 0 Å². The van der Waals surface area contributed by atoms with E-state index in [-0.39, 0.29) is 5.84 Å². The first kappa shape index (κ1) is 11.0. The molecule has 1 aromatic carbocycles. The molecule has 0 amide bonds. The van der Waals surface area contributed by atoms with Crippen molar-refractivity contribution in [3.8, 4) is 0 Å². The van der Waals surface area contributed by atoms with Crippen LogP contribution in [0.15, 0.2) is 18.2 Å². The summed E-state index contributed by atoms with van der Waals surface area (Å²) in [7, 11) is 0. The van der Waals surface area contributed by atoms with Gasteiger partial charge in [0.15, 0.2) is 0 Å². The van der Waals surface area contributed by atoms with Crippen molar-refractivity contribution in [1.29, 1.82) is 5.41 Å². The van der Waals surface area contributed by atoms with E-state index in [0.29, 0.717) is 6.04 Å². The fourth-order valence-electron chi connectivity index (χ4n) is 2.40. The SMILES string of the molecule is Cc1ccc(C(=N)N)c(N2CCCC2C)c1. The van der Waals surface area contributed by atoms with Crippen LogP contribution in [0.25, 0.3) is 0 Å². The summed E-state index contributed by atoms with van der Waals surface area (Å²) < 4.78 is 0. The molecule has 0 bridgehead atoms. The highest BCUT2D eigenvalue weighted by atomic mass is 15.2. The minimum atomic E-state index is 0.161. The predicted octanol–water partition coefficient (Wildman–Crippen LogP) is 2.27. The summed E-state index contributed by atoms with van der Waals surface area (Å²) in [5, 5.41) is 7.63. The maximum Gasteiger partial charge on any atom is 0.124 e. The largest absolute Gasteiger partial charge is 0.384 e. The van der Waals surface area contributed by atoms with Gasteiger partial charge in [0.05, 0.1) is 0 Å². The van der Waals surface area contributed by atoms with Gasteiger partial charge in [-0.3, -0.25) is 5.41 Å². The van der Waals surface area contributed by atoms with E-state index < -0.39 is 0 Å². The third kappa shape index (κ3) is 1.90. The van der Waals surface area contributed by atoms with E-state index in [4.69, 9.17) is 11.1 Å². The molecule has 1 aliphatic heterocycles.